The Labute approximate surface area is 117 Å². The van der Waals surface area contributed by atoms with Crippen LogP contribution in [0.25, 0.3) is 0 Å². The van der Waals surface area contributed by atoms with Gasteiger partial charge in [-0.1, -0.05) is 0 Å². The average Bonchev–Trinajstić information content (AvgIpc) is 2.28. The molecule has 0 atom stereocenters. The normalized spacial score (nSPS) is 14.0. The molecule has 0 aliphatic heterocycles. The van der Waals surface area contributed by atoms with Gasteiger partial charge in [0.25, 0.3) is 5.08 Å². The number of nitrogens with zero attached hydrogens (tertiary/aromatic N) is 1. The lowest BCUT2D eigenvalue weighted by Gasteiger charge is -2.30. The van der Waals surface area contributed by atoms with Crippen LogP contribution in [0.15, 0.2) is 0 Å². The Kier molecular flexibility index (Phi) is 8.05. The Hall–Kier alpha value is 0.180. The first kappa shape index (κ1) is 20.2. The lowest BCUT2D eigenvalue weighted by molar-refractivity contribution is 0.112. The van der Waals surface area contributed by atoms with Crippen LogP contribution in [0.1, 0.15) is 25.7 Å². The van der Waals surface area contributed by atoms with Crippen molar-refractivity contribution in [2.75, 3.05) is 26.7 Å². The van der Waals surface area contributed by atoms with Crippen molar-refractivity contribution in [1.82, 2.24) is 4.90 Å². The van der Waals surface area contributed by atoms with Crippen molar-refractivity contribution in [1.29, 1.82) is 0 Å². The summed E-state index contributed by atoms with van der Waals surface area (Å²) in [5.74, 6) is 0. The SMILES string of the molecule is CN(CCCCCO)CCC(O)(P(=O)(O)O)P(=O)(O)O. The molecule has 9 nitrogen and oxygen atoms in total. The first-order chi connectivity index (χ1) is 8.95. The van der Waals surface area contributed by atoms with Crippen molar-refractivity contribution in [3.8, 4) is 0 Å². The molecule has 0 heterocycles. The highest BCUT2D eigenvalue weighted by molar-refractivity contribution is 7.72. The van der Waals surface area contributed by atoms with E-state index >= 15 is 0 Å². The third-order valence-electron chi connectivity index (χ3n) is 2.96. The van der Waals surface area contributed by atoms with E-state index in [0.29, 0.717) is 13.0 Å². The number of hydrogen-bond acceptors (Lipinski definition) is 5. The molecular weight excluding hydrogens is 312 g/mol. The van der Waals surface area contributed by atoms with E-state index in [0.717, 1.165) is 12.8 Å². The molecule has 122 valence electrons. The summed E-state index contributed by atoms with van der Waals surface area (Å²) in [7, 11) is -9.13. The first-order valence-electron chi connectivity index (χ1n) is 6.09. The molecule has 0 radical (unpaired) electrons. The van der Waals surface area contributed by atoms with Gasteiger partial charge < -0.3 is 34.7 Å². The van der Waals surface area contributed by atoms with Crippen LogP contribution in [0.5, 0.6) is 0 Å². The van der Waals surface area contributed by atoms with Crippen molar-refractivity contribution in [3.05, 3.63) is 0 Å². The maximum absolute atomic E-state index is 11.1. The molecule has 0 aromatic carbocycles. The summed E-state index contributed by atoms with van der Waals surface area (Å²) < 4.78 is 22.2. The summed E-state index contributed by atoms with van der Waals surface area (Å²) in [6.07, 6.45) is 1.39. The lowest BCUT2D eigenvalue weighted by atomic mass is 10.2. The smallest absolute Gasteiger partial charge is 0.369 e. The van der Waals surface area contributed by atoms with Gasteiger partial charge in [0.05, 0.1) is 0 Å². The maximum atomic E-state index is 11.1. The van der Waals surface area contributed by atoms with E-state index < -0.39 is 26.7 Å². The van der Waals surface area contributed by atoms with Gasteiger partial charge in [-0.15, -0.1) is 0 Å². The summed E-state index contributed by atoms with van der Waals surface area (Å²) in [5, 5.41) is 14.9. The summed E-state index contributed by atoms with van der Waals surface area (Å²) in [5.41, 5.74) is 0. The minimum atomic E-state index is -5.37. The quantitative estimate of drug-likeness (QED) is 0.228. The second kappa shape index (κ2) is 7.98. The molecule has 11 heteroatoms. The van der Waals surface area contributed by atoms with E-state index in [-0.39, 0.29) is 13.2 Å². The minimum absolute atomic E-state index is 0.0775. The molecule has 0 saturated carbocycles. The molecule has 0 aliphatic carbocycles. The van der Waals surface area contributed by atoms with Gasteiger partial charge in [0.1, 0.15) is 0 Å². The minimum Gasteiger partial charge on any atom is -0.396 e. The molecule has 0 bridgehead atoms. The molecule has 0 fully saturated rings. The van der Waals surface area contributed by atoms with E-state index in [9.17, 15) is 14.2 Å². The summed E-state index contributed by atoms with van der Waals surface area (Å²) in [6.45, 7) is 0.532. The van der Waals surface area contributed by atoms with Crippen molar-refractivity contribution in [2.24, 2.45) is 0 Å². The van der Waals surface area contributed by atoms with Gasteiger partial charge in [0, 0.05) is 19.6 Å². The van der Waals surface area contributed by atoms with E-state index in [1.165, 1.54) is 0 Å². The molecule has 0 unspecified atom stereocenters. The highest BCUT2D eigenvalue weighted by Crippen LogP contribution is 2.68. The number of aliphatic hydroxyl groups excluding tert-OH is 1. The standard InChI is InChI=1S/C9H23NO8P2/c1-10(6-3-2-4-8-11)7-5-9(12,19(13,14)15)20(16,17)18/h11-12H,2-8H2,1H3,(H2,13,14,15)(H2,16,17,18). The van der Waals surface area contributed by atoms with Crippen molar-refractivity contribution >= 4 is 15.2 Å². The second-order valence-corrected chi connectivity index (χ2v) is 8.71. The van der Waals surface area contributed by atoms with Crippen LogP contribution in [-0.4, -0.2) is 66.5 Å². The van der Waals surface area contributed by atoms with Crippen LogP contribution in [-0.2, 0) is 9.13 Å². The predicted octanol–water partition coefficient (Wildman–Crippen LogP) is -0.528. The molecule has 0 spiro atoms. The van der Waals surface area contributed by atoms with Crippen LogP contribution in [0.2, 0.25) is 0 Å². The zero-order chi connectivity index (χ0) is 16.0. The second-order valence-electron chi connectivity index (χ2n) is 4.70. The Morgan fingerprint density at radius 3 is 1.85 bits per heavy atom. The number of unbranched alkanes of at least 4 members (excludes halogenated alkanes) is 2. The predicted molar refractivity (Wildman–Crippen MR) is 72.1 cm³/mol. The van der Waals surface area contributed by atoms with Gasteiger partial charge in [-0.25, -0.2) is 0 Å². The topological polar surface area (TPSA) is 159 Å². The molecule has 0 amide bonds. The van der Waals surface area contributed by atoms with Crippen molar-refractivity contribution < 1.29 is 38.9 Å². The zero-order valence-corrected chi connectivity index (χ0v) is 13.1. The number of aliphatic hydroxyl groups is 2. The third-order valence-corrected chi connectivity index (χ3v) is 6.84. The van der Waals surface area contributed by atoms with Crippen LogP contribution >= 0.6 is 15.2 Å². The highest BCUT2D eigenvalue weighted by atomic mass is 31.2. The largest absolute Gasteiger partial charge is 0.396 e. The summed E-state index contributed by atoms with van der Waals surface area (Å²) in [6, 6.07) is 0. The van der Waals surface area contributed by atoms with E-state index in [1.807, 2.05) is 0 Å². The van der Waals surface area contributed by atoms with Gasteiger partial charge >= 0.3 is 15.2 Å². The van der Waals surface area contributed by atoms with E-state index in [4.69, 9.17) is 24.7 Å². The Balaban J connectivity index is 4.51. The molecule has 0 saturated heterocycles. The first-order valence-corrected chi connectivity index (χ1v) is 9.31. The lowest BCUT2D eigenvalue weighted by Crippen LogP contribution is -2.34. The fraction of sp³-hybridized carbons (Fsp3) is 1.00. The summed E-state index contributed by atoms with van der Waals surface area (Å²) >= 11 is 0. The van der Waals surface area contributed by atoms with Gasteiger partial charge in [-0.3, -0.25) is 9.13 Å². The van der Waals surface area contributed by atoms with Crippen LogP contribution < -0.4 is 0 Å². The Morgan fingerprint density at radius 1 is 0.950 bits per heavy atom. The third kappa shape index (κ3) is 5.89. The van der Waals surface area contributed by atoms with Gasteiger partial charge in [-0.05, 0) is 32.9 Å². The van der Waals surface area contributed by atoms with Gasteiger partial charge in [-0.2, -0.15) is 0 Å². The van der Waals surface area contributed by atoms with E-state index in [1.54, 1.807) is 11.9 Å². The van der Waals surface area contributed by atoms with Gasteiger partial charge in [0.2, 0.25) is 0 Å². The fourth-order valence-electron chi connectivity index (χ4n) is 1.58. The molecule has 6 N–H and O–H groups in total. The molecule has 0 aliphatic rings. The van der Waals surface area contributed by atoms with Crippen LogP contribution in [0, 0.1) is 0 Å². The molecule has 0 aromatic heterocycles. The summed E-state index contributed by atoms with van der Waals surface area (Å²) in [4.78, 5) is 37.4. The van der Waals surface area contributed by atoms with E-state index in [2.05, 4.69) is 0 Å². The number of rotatable bonds is 10. The molecular formula is C9H23NO8P2. The van der Waals surface area contributed by atoms with Crippen molar-refractivity contribution in [3.63, 3.8) is 0 Å². The monoisotopic (exact) mass is 335 g/mol. The number of hydrogen-bond donors (Lipinski definition) is 6. The Morgan fingerprint density at radius 2 is 1.45 bits per heavy atom. The maximum Gasteiger partial charge on any atom is 0.369 e. The molecule has 0 rings (SSSR count). The fourth-order valence-corrected chi connectivity index (χ4v) is 3.72. The molecule has 0 aromatic rings. The van der Waals surface area contributed by atoms with Crippen molar-refractivity contribution in [2.45, 2.75) is 30.8 Å². The van der Waals surface area contributed by atoms with Crippen LogP contribution in [0.4, 0.5) is 0 Å². The Bertz CT molecular complexity index is 356. The average molecular weight is 335 g/mol. The molecule has 20 heavy (non-hydrogen) atoms. The van der Waals surface area contributed by atoms with Gasteiger partial charge in [0.15, 0.2) is 0 Å². The highest BCUT2D eigenvalue weighted by Gasteiger charge is 2.58. The zero-order valence-electron chi connectivity index (χ0n) is 11.3. The van der Waals surface area contributed by atoms with Crippen LogP contribution in [0.3, 0.4) is 0 Å².